The van der Waals surface area contributed by atoms with E-state index in [0.29, 0.717) is 27.4 Å². The summed E-state index contributed by atoms with van der Waals surface area (Å²) in [5.74, 6) is 1.88. The van der Waals surface area contributed by atoms with Crippen LogP contribution >= 0.6 is 31.9 Å². The number of hydrogen-bond donors (Lipinski definition) is 2. The van der Waals surface area contributed by atoms with E-state index in [0.717, 1.165) is 10.2 Å². The van der Waals surface area contributed by atoms with Gasteiger partial charge in [-0.1, -0.05) is 22.5 Å². The first-order chi connectivity index (χ1) is 11.4. The summed E-state index contributed by atoms with van der Waals surface area (Å²) in [6.45, 7) is 5.41. The summed E-state index contributed by atoms with van der Waals surface area (Å²) in [5, 5.41) is 0. The van der Waals surface area contributed by atoms with Gasteiger partial charge in [-0.25, -0.2) is 0 Å². The van der Waals surface area contributed by atoms with Crippen LogP contribution in [0, 0.1) is 6.92 Å². The van der Waals surface area contributed by atoms with Crippen LogP contribution in [0.3, 0.4) is 0 Å². The number of amides is 1. The number of methoxy groups -OCH3 is 1. The molecule has 0 bridgehead atoms. The van der Waals surface area contributed by atoms with E-state index >= 15 is 0 Å². The first-order valence-electron chi connectivity index (χ1n) is 6.87. The van der Waals surface area contributed by atoms with Crippen molar-refractivity contribution in [2.75, 3.05) is 13.7 Å². The number of ether oxygens (including phenoxy) is 2. The molecule has 0 unspecified atom stereocenters. The second kappa shape index (κ2) is 8.25. The van der Waals surface area contributed by atoms with Crippen LogP contribution < -0.4 is 20.3 Å². The highest BCUT2D eigenvalue weighted by atomic mass is 79.9. The molecule has 0 saturated carbocycles. The van der Waals surface area contributed by atoms with Gasteiger partial charge in [0.25, 0.3) is 5.91 Å². The van der Waals surface area contributed by atoms with Crippen LogP contribution in [0.1, 0.15) is 11.5 Å². The van der Waals surface area contributed by atoms with Crippen molar-refractivity contribution in [1.82, 2.24) is 10.9 Å². The number of hydrazine groups is 1. The Morgan fingerprint density at radius 1 is 1.29 bits per heavy atom. The topological polar surface area (TPSA) is 72.7 Å². The Morgan fingerprint density at radius 3 is 2.67 bits per heavy atom. The predicted molar refractivity (Wildman–Crippen MR) is 97.6 cm³/mol. The maximum Gasteiger partial charge on any atom is 0.276 e. The van der Waals surface area contributed by atoms with Crippen LogP contribution in [0.2, 0.25) is 0 Å². The Kier molecular flexibility index (Phi) is 6.33. The second-order valence-corrected chi connectivity index (χ2v) is 6.54. The molecule has 1 amide bonds. The van der Waals surface area contributed by atoms with Gasteiger partial charge in [0.2, 0.25) is 0 Å². The summed E-state index contributed by atoms with van der Waals surface area (Å²) < 4.78 is 17.7. The van der Waals surface area contributed by atoms with Crippen molar-refractivity contribution in [3.63, 3.8) is 0 Å². The largest absolute Gasteiger partial charge is 0.493 e. The molecule has 1 aromatic heterocycles. The number of halogens is 2. The van der Waals surface area contributed by atoms with Crippen molar-refractivity contribution in [2.45, 2.75) is 6.92 Å². The zero-order chi connectivity index (χ0) is 17.7. The average molecular weight is 460 g/mol. The lowest BCUT2D eigenvalue weighted by Gasteiger charge is -2.14. The first-order valence-corrected chi connectivity index (χ1v) is 8.45. The number of carbonyl (C=O) groups is 1. The number of hydrogen-bond acceptors (Lipinski definition) is 5. The third-order valence-corrected chi connectivity index (χ3v) is 3.98. The number of carbonyl (C=O) groups excluding carboxylic acids is 1. The molecule has 24 heavy (non-hydrogen) atoms. The highest BCUT2D eigenvalue weighted by Crippen LogP contribution is 2.38. The van der Waals surface area contributed by atoms with Gasteiger partial charge >= 0.3 is 0 Å². The summed E-state index contributed by atoms with van der Waals surface area (Å²) >= 11 is 6.73. The Balaban J connectivity index is 1.89. The standard InChI is InChI=1S/C16H16Br2N2O4/c1-9-4-5-13(24-9)10(2)19-20-15(21)8-23-16-12(18)6-11(17)7-14(16)22-3/h4-7,19H,2,8H2,1,3H3,(H,20,21). The molecule has 2 aromatic rings. The van der Waals surface area contributed by atoms with Crippen LogP contribution in [0.15, 0.2) is 44.2 Å². The molecule has 0 aliphatic rings. The second-order valence-electron chi connectivity index (χ2n) is 4.77. The van der Waals surface area contributed by atoms with Crippen LogP contribution in [-0.4, -0.2) is 19.6 Å². The summed E-state index contributed by atoms with van der Waals surface area (Å²) in [7, 11) is 1.53. The number of aryl methyl sites for hydroxylation is 1. The summed E-state index contributed by atoms with van der Waals surface area (Å²) in [5.41, 5.74) is 5.62. The van der Waals surface area contributed by atoms with Crippen molar-refractivity contribution < 1.29 is 18.7 Å². The summed E-state index contributed by atoms with van der Waals surface area (Å²) in [6.07, 6.45) is 0. The Bertz CT molecular complexity index is 759. The normalized spacial score (nSPS) is 10.2. The van der Waals surface area contributed by atoms with Gasteiger partial charge in [0.15, 0.2) is 23.9 Å². The molecule has 0 radical (unpaired) electrons. The number of rotatable bonds is 7. The minimum Gasteiger partial charge on any atom is -0.493 e. The van der Waals surface area contributed by atoms with E-state index in [-0.39, 0.29) is 12.5 Å². The van der Waals surface area contributed by atoms with Gasteiger partial charge in [-0.15, -0.1) is 0 Å². The van der Waals surface area contributed by atoms with Gasteiger partial charge in [-0.3, -0.25) is 15.6 Å². The lowest BCUT2D eigenvalue weighted by atomic mass is 10.3. The van der Waals surface area contributed by atoms with Crippen molar-refractivity contribution >= 4 is 43.5 Å². The van der Waals surface area contributed by atoms with Gasteiger partial charge < -0.3 is 13.9 Å². The van der Waals surface area contributed by atoms with E-state index in [4.69, 9.17) is 13.9 Å². The van der Waals surface area contributed by atoms with Crippen molar-refractivity contribution in [3.8, 4) is 11.5 Å². The number of furan rings is 1. The Morgan fingerprint density at radius 2 is 2.04 bits per heavy atom. The molecule has 2 N–H and O–H groups in total. The Hall–Kier alpha value is -1.93. The molecule has 1 heterocycles. The van der Waals surface area contributed by atoms with E-state index in [1.807, 2.05) is 13.0 Å². The number of benzene rings is 1. The van der Waals surface area contributed by atoms with Gasteiger partial charge in [0, 0.05) is 4.47 Å². The van der Waals surface area contributed by atoms with E-state index in [2.05, 4.69) is 49.3 Å². The molecule has 1 aromatic carbocycles. The molecule has 6 nitrogen and oxygen atoms in total. The van der Waals surface area contributed by atoms with Gasteiger partial charge in [-0.2, -0.15) is 0 Å². The van der Waals surface area contributed by atoms with Gasteiger partial charge in [0.1, 0.15) is 5.76 Å². The third-order valence-electron chi connectivity index (χ3n) is 2.93. The highest BCUT2D eigenvalue weighted by Gasteiger charge is 2.13. The van der Waals surface area contributed by atoms with Crippen LogP contribution in [0.25, 0.3) is 5.70 Å². The van der Waals surface area contributed by atoms with Gasteiger partial charge in [-0.05, 0) is 47.1 Å². The molecule has 128 valence electrons. The minimum atomic E-state index is -0.378. The molecule has 0 saturated heterocycles. The van der Waals surface area contributed by atoms with E-state index < -0.39 is 0 Å². The maximum absolute atomic E-state index is 11.9. The van der Waals surface area contributed by atoms with Crippen LogP contribution in [-0.2, 0) is 4.79 Å². The lowest BCUT2D eigenvalue weighted by Crippen LogP contribution is -2.38. The third kappa shape index (κ3) is 4.78. The molecule has 0 spiro atoms. The fraction of sp³-hybridized carbons (Fsp3) is 0.188. The van der Waals surface area contributed by atoms with Crippen molar-refractivity contribution in [3.05, 3.63) is 51.3 Å². The monoisotopic (exact) mass is 458 g/mol. The minimum absolute atomic E-state index is 0.200. The molecule has 8 heteroatoms. The molecule has 0 aliphatic carbocycles. The maximum atomic E-state index is 11.9. The molecular formula is C16H16Br2N2O4. The molecule has 2 rings (SSSR count). The Labute approximate surface area is 156 Å². The molecular weight excluding hydrogens is 444 g/mol. The smallest absolute Gasteiger partial charge is 0.276 e. The quantitative estimate of drug-likeness (QED) is 0.616. The molecule has 0 atom stereocenters. The van der Waals surface area contributed by atoms with Crippen molar-refractivity contribution in [1.29, 1.82) is 0 Å². The molecule has 0 aliphatic heterocycles. The first kappa shape index (κ1) is 18.4. The zero-order valence-electron chi connectivity index (χ0n) is 13.1. The van der Waals surface area contributed by atoms with Crippen LogP contribution in [0.5, 0.6) is 11.5 Å². The number of nitrogens with one attached hydrogen (secondary N) is 2. The highest BCUT2D eigenvalue weighted by molar-refractivity contribution is 9.11. The summed E-state index contributed by atoms with van der Waals surface area (Å²) in [6, 6.07) is 7.12. The zero-order valence-corrected chi connectivity index (χ0v) is 16.3. The van der Waals surface area contributed by atoms with E-state index in [9.17, 15) is 4.79 Å². The van der Waals surface area contributed by atoms with Crippen LogP contribution in [0.4, 0.5) is 0 Å². The lowest BCUT2D eigenvalue weighted by molar-refractivity contribution is -0.123. The fourth-order valence-electron chi connectivity index (χ4n) is 1.81. The predicted octanol–water partition coefficient (Wildman–Crippen LogP) is 3.79. The van der Waals surface area contributed by atoms with E-state index in [1.165, 1.54) is 7.11 Å². The van der Waals surface area contributed by atoms with Gasteiger partial charge in [0.05, 0.1) is 17.3 Å². The van der Waals surface area contributed by atoms with E-state index in [1.54, 1.807) is 18.2 Å². The fourth-order valence-corrected chi connectivity index (χ4v) is 3.11. The average Bonchev–Trinajstić information content (AvgIpc) is 2.97. The molecule has 0 fully saturated rings. The SMILES string of the molecule is C=C(NNC(=O)COc1c(Br)cc(Br)cc1OC)c1ccc(C)o1. The summed E-state index contributed by atoms with van der Waals surface area (Å²) in [4.78, 5) is 11.9. The van der Waals surface area contributed by atoms with Crippen molar-refractivity contribution in [2.24, 2.45) is 0 Å².